The van der Waals surface area contributed by atoms with Gasteiger partial charge < -0.3 is 5.11 Å². The predicted molar refractivity (Wildman–Crippen MR) is 61.2 cm³/mol. The van der Waals surface area contributed by atoms with Crippen LogP contribution in [0.1, 0.15) is 41.5 Å². The molecule has 0 aliphatic rings. The molecule has 7 heteroatoms. The van der Waals surface area contributed by atoms with Crippen molar-refractivity contribution in [2.75, 3.05) is 0 Å². The summed E-state index contributed by atoms with van der Waals surface area (Å²) in [7, 11) is 0. The number of imidazole rings is 1. The number of pyridine rings is 1. The number of carbonyl (C=O) groups is 1. The Morgan fingerprint density at radius 1 is 1.37 bits per heavy atom. The largest absolute Gasteiger partial charge is 0.477 e. The molecule has 0 amide bonds. The quantitative estimate of drug-likeness (QED) is 0.913. The summed E-state index contributed by atoms with van der Waals surface area (Å²) in [5, 5.41) is 9.15. The summed E-state index contributed by atoms with van der Waals surface area (Å²) in [4.78, 5) is 15.3. The molecule has 0 aliphatic carbocycles. The molecule has 1 N–H and O–H groups in total. The molecular weight excluding hydrogens is 261 g/mol. The van der Waals surface area contributed by atoms with Crippen LogP contribution < -0.4 is 0 Å². The topological polar surface area (TPSA) is 54.6 Å². The minimum absolute atomic E-state index is 0.189. The van der Waals surface area contributed by atoms with Crippen molar-refractivity contribution in [1.29, 1.82) is 0 Å². The average Bonchev–Trinajstić information content (AvgIpc) is 2.65. The van der Waals surface area contributed by atoms with Gasteiger partial charge in [0.15, 0.2) is 5.69 Å². The van der Waals surface area contributed by atoms with Gasteiger partial charge in [0, 0.05) is 6.20 Å². The summed E-state index contributed by atoms with van der Waals surface area (Å²) in [6.07, 6.45) is -3.76. The van der Waals surface area contributed by atoms with Gasteiger partial charge in [-0.25, -0.2) is 9.78 Å². The number of aromatic carboxylic acids is 1. The van der Waals surface area contributed by atoms with Crippen LogP contribution in [0.2, 0.25) is 0 Å². The first-order chi connectivity index (χ1) is 8.71. The Kier molecular flexibility index (Phi) is 3.00. The molecule has 102 valence electrons. The second-order valence-corrected chi connectivity index (χ2v) is 4.45. The number of fused-ring (bicyclic) bond motifs is 1. The molecule has 0 bridgehead atoms. The van der Waals surface area contributed by atoms with E-state index in [2.05, 4.69) is 4.98 Å². The lowest BCUT2D eigenvalue weighted by Gasteiger charge is -2.07. The Balaban J connectivity index is 2.77. The van der Waals surface area contributed by atoms with Crippen LogP contribution in [-0.2, 0) is 6.18 Å². The van der Waals surface area contributed by atoms with E-state index < -0.39 is 17.7 Å². The zero-order valence-electron chi connectivity index (χ0n) is 10.2. The lowest BCUT2D eigenvalue weighted by Crippen LogP contribution is -2.10. The van der Waals surface area contributed by atoms with Gasteiger partial charge in [0.05, 0.1) is 11.3 Å². The maximum Gasteiger partial charge on any atom is 0.417 e. The van der Waals surface area contributed by atoms with Gasteiger partial charge in [-0.2, -0.15) is 13.2 Å². The standard InChI is InChI=1S/C12H11F3N2O2/c1-6(2)9-10(11(18)19)17-5-7(12(13,14)15)3-4-8(17)16-9/h3-6H,1-2H3,(H,18,19). The maximum absolute atomic E-state index is 12.6. The molecule has 19 heavy (non-hydrogen) atoms. The highest BCUT2D eigenvalue weighted by Gasteiger charge is 2.32. The molecule has 0 aromatic carbocycles. The Morgan fingerprint density at radius 3 is 2.47 bits per heavy atom. The number of halogens is 3. The van der Waals surface area contributed by atoms with Crippen LogP contribution in [0.25, 0.3) is 5.65 Å². The highest BCUT2D eigenvalue weighted by atomic mass is 19.4. The number of nitrogens with zero attached hydrogens (tertiary/aromatic N) is 2. The van der Waals surface area contributed by atoms with Gasteiger partial charge in [-0.15, -0.1) is 0 Å². The van der Waals surface area contributed by atoms with Gasteiger partial charge in [-0.3, -0.25) is 4.40 Å². The minimum Gasteiger partial charge on any atom is -0.477 e. The second kappa shape index (κ2) is 4.25. The minimum atomic E-state index is -4.52. The Hall–Kier alpha value is -2.05. The number of carboxylic acids is 1. The molecule has 2 heterocycles. The van der Waals surface area contributed by atoms with E-state index in [1.54, 1.807) is 13.8 Å². The summed E-state index contributed by atoms with van der Waals surface area (Å²) in [6.45, 7) is 3.47. The molecule has 0 aliphatic heterocycles. The number of rotatable bonds is 2. The van der Waals surface area contributed by atoms with Gasteiger partial charge in [0.1, 0.15) is 5.65 Å². The number of alkyl halides is 3. The van der Waals surface area contributed by atoms with Gasteiger partial charge in [0.2, 0.25) is 0 Å². The fourth-order valence-corrected chi connectivity index (χ4v) is 1.85. The molecule has 4 nitrogen and oxygen atoms in total. The van der Waals surface area contributed by atoms with Crippen molar-refractivity contribution < 1.29 is 23.1 Å². The molecule has 0 radical (unpaired) electrons. The third-order valence-corrected chi connectivity index (χ3v) is 2.72. The van der Waals surface area contributed by atoms with Crippen molar-refractivity contribution in [3.8, 4) is 0 Å². The van der Waals surface area contributed by atoms with Gasteiger partial charge in [0.25, 0.3) is 0 Å². The second-order valence-electron chi connectivity index (χ2n) is 4.45. The van der Waals surface area contributed by atoms with Crippen LogP contribution in [0.3, 0.4) is 0 Å². The lowest BCUT2D eigenvalue weighted by molar-refractivity contribution is -0.137. The number of hydrogen-bond acceptors (Lipinski definition) is 2. The molecule has 0 spiro atoms. The summed E-state index contributed by atoms with van der Waals surface area (Å²) in [5.41, 5.74) is -0.674. The van der Waals surface area contributed by atoms with Gasteiger partial charge >= 0.3 is 12.1 Å². The van der Waals surface area contributed by atoms with Crippen LogP contribution >= 0.6 is 0 Å². The van der Waals surface area contributed by atoms with E-state index in [0.717, 1.165) is 16.7 Å². The molecule has 0 atom stereocenters. The first-order valence-electron chi connectivity index (χ1n) is 5.54. The van der Waals surface area contributed by atoms with Crippen molar-refractivity contribution in [3.05, 3.63) is 35.3 Å². The zero-order chi connectivity index (χ0) is 14.4. The first-order valence-corrected chi connectivity index (χ1v) is 5.54. The van der Waals surface area contributed by atoms with Gasteiger partial charge in [-0.1, -0.05) is 13.8 Å². The Morgan fingerprint density at radius 2 is 2.00 bits per heavy atom. The molecule has 0 saturated carbocycles. The summed E-state index contributed by atoms with van der Waals surface area (Å²) < 4.78 is 38.9. The SMILES string of the molecule is CC(C)c1nc2ccc(C(F)(F)F)cn2c1C(=O)O. The highest BCUT2D eigenvalue weighted by molar-refractivity contribution is 5.88. The van der Waals surface area contributed by atoms with E-state index in [9.17, 15) is 18.0 Å². The maximum atomic E-state index is 12.6. The highest BCUT2D eigenvalue weighted by Crippen LogP contribution is 2.30. The molecule has 0 unspecified atom stereocenters. The van der Waals surface area contributed by atoms with Crippen LogP contribution in [0, 0.1) is 0 Å². The normalized spacial score (nSPS) is 12.3. The average molecular weight is 272 g/mol. The zero-order valence-corrected chi connectivity index (χ0v) is 10.2. The first kappa shape index (κ1) is 13.4. The van der Waals surface area contributed by atoms with Crippen molar-refractivity contribution in [2.24, 2.45) is 0 Å². The smallest absolute Gasteiger partial charge is 0.417 e. The van der Waals surface area contributed by atoms with E-state index in [4.69, 9.17) is 5.11 Å². The fourth-order valence-electron chi connectivity index (χ4n) is 1.85. The van der Waals surface area contributed by atoms with E-state index in [0.29, 0.717) is 0 Å². The molecule has 2 aromatic rings. The fraction of sp³-hybridized carbons (Fsp3) is 0.333. The Labute approximate surface area is 106 Å². The van der Waals surface area contributed by atoms with Crippen molar-refractivity contribution >= 4 is 11.6 Å². The number of carboxylic acid groups (broad SMARTS) is 1. The van der Waals surface area contributed by atoms with Crippen molar-refractivity contribution in [3.63, 3.8) is 0 Å². The van der Waals surface area contributed by atoms with Crippen LogP contribution in [0.15, 0.2) is 18.3 Å². The number of hydrogen-bond donors (Lipinski definition) is 1. The van der Waals surface area contributed by atoms with E-state index in [1.807, 2.05) is 0 Å². The third-order valence-electron chi connectivity index (χ3n) is 2.72. The molecule has 2 rings (SSSR count). The molecule has 2 aromatic heterocycles. The monoisotopic (exact) mass is 272 g/mol. The Bertz CT molecular complexity index is 644. The lowest BCUT2D eigenvalue weighted by atomic mass is 10.1. The summed E-state index contributed by atoms with van der Waals surface area (Å²) in [5.74, 6) is -1.49. The number of aromatic nitrogens is 2. The van der Waals surface area contributed by atoms with E-state index >= 15 is 0 Å². The predicted octanol–water partition coefficient (Wildman–Crippen LogP) is 3.17. The molecule has 0 saturated heterocycles. The van der Waals surface area contributed by atoms with Crippen LogP contribution in [-0.4, -0.2) is 20.5 Å². The molecular formula is C12H11F3N2O2. The van der Waals surface area contributed by atoms with E-state index in [1.165, 1.54) is 6.07 Å². The van der Waals surface area contributed by atoms with Gasteiger partial charge in [-0.05, 0) is 18.1 Å². The van der Waals surface area contributed by atoms with Crippen molar-refractivity contribution in [2.45, 2.75) is 25.9 Å². The van der Waals surface area contributed by atoms with Crippen LogP contribution in [0.5, 0.6) is 0 Å². The van der Waals surface area contributed by atoms with E-state index in [-0.39, 0.29) is 23.0 Å². The van der Waals surface area contributed by atoms with Crippen LogP contribution in [0.4, 0.5) is 13.2 Å². The summed E-state index contributed by atoms with van der Waals surface area (Å²) in [6, 6.07) is 2.05. The third kappa shape index (κ3) is 2.27. The summed E-state index contributed by atoms with van der Waals surface area (Å²) >= 11 is 0. The van der Waals surface area contributed by atoms with Crippen molar-refractivity contribution in [1.82, 2.24) is 9.38 Å². The molecule has 0 fully saturated rings.